The molecule has 1 amide bonds. The van der Waals surface area contributed by atoms with Crippen LogP contribution in [0.4, 0.5) is 0 Å². The smallest absolute Gasteiger partial charge is 0.234 e. The summed E-state index contributed by atoms with van der Waals surface area (Å²) in [5.41, 5.74) is 5.81. The molecule has 0 radical (unpaired) electrons. The highest BCUT2D eigenvalue weighted by Gasteiger charge is 2.26. The van der Waals surface area contributed by atoms with Crippen molar-refractivity contribution in [3.63, 3.8) is 0 Å². The average Bonchev–Trinajstić information content (AvgIpc) is 2.40. The van der Waals surface area contributed by atoms with E-state index < -0.39 is 0 Å². The van der Waals surface area contributed by atoms with Crippen LogP contribution in [0.15, 0.2) is 0 Å². The Bertz CT molecular complexity index is 284. The molecule has 0 aromatic heterocycles. The summed E-state index contributed by atoms with van der Waals surface area (Å²) in [4.78, 5) is 14.1. The van der Waals surface area contributed by atoms with Crippen LogP contribution < -0.4 is 11.1 Å². The van der Waals surface area contributed by atoms with Crippen molar-refractivity contribution in [3.8, 4) is 0 Å². The minimum Gasteiger partial charge on any atom is -0.379 e. The molecule has 1 fully saturated rings. The third kappa shape index (κ3) is 6.68. The zero-order valence-electron chi connectivity index (χ0n) is 13.2. The fourth-order valence-corrected chi connectivity index (χ4v) is 2.61. The molecule has 1 aliphatic rings. The Morgan fingerprint density at radius 3 is 2.90 bits per heavy atom. The van der Waals surface area contributed by atoms with E-state index in [1.165, 1.54) is 0 Å². The molecule has 2 atom stereocenters. The van der Waals surface area contributed by atoms with Gasteiger partial charge in [-0.15, -0.1) is 0 Å². The van der Waals surface area contributed by atoms with Crippen LogP contribution in [-0.2, 0) is 9.53 Å². The van der Waals surface area contributed by atoms with Crippen molar-refractivity contribution in [2.24, 2.45) is 11.7 Å². The molecule has 0 bridgehead atoms. The number of nitrogens with one attached hydrogen (secondary N) is 1. The fraction of sp³-hybridized carbons (Fsp3) is 0.933. The molecule has 1 rings (SSSR count). The predicted molar refractivity (Wildman–Crippen MR) is 81.5 cm³/mol. The van der Waals surface area contributed by atoms with E-state index in [1.54, 1.807) is 0 Å². The molecule has 0 aromatic carbocycles. The van der Waals surface area contributed by atoms with Gasteiger partial charge in [0.25, 0.3) is 0 Å². The van der Waals surface area contributed by atoms with Crippen LogP contribution in [0.5, 0.6) is 0 Å². The van der Waals surface area contributed by atoms with Gasteiger partial charge < -0.3 is 15.8 Å². The first-order chi connectivity index (χ1) is 9.52. The van der Waals surface area contributed by atoms with E-state index in [0.29, 0.717) is 32.3 Å². The van der Waals surface area contributed by atoms with E-state index in [0.717, 1.165) is 31.7 Å². The Morgan fingerprint density at radius 1 is 1.50 bits per heavy atom. The van der Waals surface area contributed by atoms with Gasteiger partial charge in [0.15, 0.2) is 0 Å². The summed E-state index contributed by atoms with van der Waals surface area (Å²) in [7, 11) is 0. The quantitative estimate of drug-likeness (QED) is 0.652. The molecule has 1 saturated heterocycles. The zero-order valence-corrected chi connectivity index (χ0v) is 13.2. The number of nitrogens with two attached hydrogens (primary N) is 1. The summed E-state index contributed by atoms with van der Waals surface area (Å²) < 4.78 is 5.44. The third-order valence-electron chi connectivity index (χ3n) is 3.81. The van der Waals surface area contributed by atoms with Gasteiger partial charge in [0.1, 0.15) is 0 Å². The van der Waals surface area contributed by atoms with Crippen molar-refractivity contribution in [1.82, 2.24) is 10.2 Å². The van der Waals surface area contributed by atoms with E-state index in [4.69, 9.17) is 10.5 Å². The van der Waals surface area contributed by atoms with Gasteiger partial charge in [0, 0.05) is 25.7 Å². The number of nitrogens with zero attached hydrogens (tertiary/aromatic N) is 1. The maximum Gasteiger partial charge on any atom is 0.234 e. The molecule has 118 valence electrons. The maximum absolute atomic E-state index is 11.9. The molecular weight excluding hydrogens is 254 g/mol. The second kappa shape index (κ2) is 9.32. The molecule has 0 spiro atoms. The Labute approximate surface area is 123 Å². The number of piperidine rings is 1. The molecular formula is C15H31N3O2. The topological polar surface area (TPSA) is 67.6 Å². The lowest BCUT2D eigenvalue weighted by Crippen LogP contribution is -2.50. The zero-order chi connectivity index (χ0) is 15.0. The summed E-state index contributed by atoms with van der Waals surface area (Å²) in [5.74, 6) is 0.818. The van der Waals surface area contributed by atoms with Crippen molar-refractivity contribution in [2.45, 2.75) is 52.2 Å². The molecule has 0 aliphatic carbocycles. The van der Waals surface area contributed by atoms with Gasteiger partial charge in [0.2, 0.25) is 5.91 Å². The standard InChI is InChI=1S/C15H31N3O2/c1-12(2)20-8-4-6-17-15(19)11-18-7-5-13(3)9-14(18)10-16/h12-14H,4-11,16H2,1-3H3,(H,17,19). The van der Waals surface area contributed by atoms with E-state index in [-0.39, 0.29) is 12.0 Å². The summed E-state index contributed by atoms with van der Waals surface area (Å²) in [6.45, 7) is 9.76. The summed E-state index contributed by atoms with van der Waals surface area (Å²) in [6, 6.07) is 0.355. The second-order valence-corrected chi connectivity index (χ2v) is 6.11. The molecule has 0 aromatic rings. The number of carbonyl (C=O) groups excluding carboxylic acids is 1. The molecule has 1 heterocycles. The average molecular weight is 285 g/mol. The second-order valence-electron chi connectivity index (χ2n) is 6.11. The van der Waals surface area contributed by atoms with E-state index >= 15 is 0 Å². The largest absolute Gasteiger partial charge is 0.379 e. The van der Waals surface area contributed by atoms with Crippen LogP contribution in [0.25, 0.3) is 0 Å². The van der Waals surface area contributed by atoms with E-state index in [1.807, 2.05) is 13.8 Å². The van der Waals surface area contributed by atoms with Crippen LogP contribution in [0.2, 0.25) is 0 Å². The lowest BCUT2D eigenvalue weighted by Gasteiger charge is -2.37. The number of rotatable bonds is 8. The van der Waals surface area contributed by atoms with Gasteiger partial charge in [-0.25, -0.2) is 0 Å². The minimum atomic E-state index is 0.0996. The Hall–Kier alpha value is -0.650. The Balaban J connectivity index is 2.17. The Morgan fingerprint density at radius 2 is 2.25 bits per heavy atom. The number of carbonyl (C=O) groups is 1. The SMILES string of the molecule is CC1CCN(CC(=O)NCCCOC(C)C)C(CN)C1. The van der Waals surface area contributed by atoms with Gasteiger partial charge in [-0.2, -0.15) is 0 Å². The van der Waals surface area contributed by atoms with Crippen molar-refractivity contribution < 1.29 is 9.53 Å². The number of hydrogen-bond acceptors (Lipinski definition) is 4. The van der Waals surface area contributed by atoms with E-state index in [2.05, 4.69) is 17.1 Å². The normalized spacial score (nSPS) is 24.1. The molecule has 0 saturated carbocycles. The molecule has 20 heavy (non-hydrogen) atoms. The highest BCUT2D eigenvalue weighted by atomic mass is 16.5. The van der Waals surface area contributed by atoms with Gasteiger partial charge in [-0.3, -0.25) is 9.69 Å². The fourth-order valence-electron chi connectivity index (χ4n) is 2.61. The van der Waals surface area contributed by atoms with Gasteiger partial charge in [-0.1, -0.05) is 6.92 Å². The van der Waals surface area contributed by atoms with Crippen molar-refractivity contribution in [2.75, 3.05) is 32.8 Å². The van der Waals surface area contributed by atoms with Crippen LogP contribution in [0.1, 0.15) is 40.0 Å². The van der Waals surface area contributed by atoms with Crippen LogP contribution in [0, 0.1) is 5.92 Å². The van der Waals surface area contributed by atoms with Crippen molar-refractivity contribution in [1.29, 1.82) is 0 Å². The van der Waals surface area contributed by atoms with Gasteiger partial charge >= 0.3 is 0 Å². The van der Waals surface area contributed by atoms with Crippen LogP contribution >= 0.6 is 0 Å². The first-order valence-corrected chi connectivity index (χ1v) is 7.85. The highest BCUT2D eigenvalue weighted by molar-refractivity contribution is 5.78. The number of likely N-dealkylation sites (tertiary alicyclic amines) is 1. The van der Waals surface area contributed by atoms with Crippen molar-refractivity contribution >= 4 is 5.91 Å². The minimum absolute atomic E-state index is 0.0996. The lowest BCUT2D eigenvalue weighted by atomic mass is 9.92. The Kier molecular flexibility index (Phi) is 8.11. The first kappa shape index (κ1) is 17.4. The molecule has 2 unspecified atom stereocenters. The number of hydrogen-bond donors (Lipinski definition) is 2. The summed E-state index contributed by atoms with van der Waals surface area (Å²) >= 11 is 0. The molecule has 1 aliphatic heterocycles. The predicted octanol–water partition coefficient (Wildman–Crippen LogP) is 0.977. The lowest BCUT2D eigenvalue weighted by molar-refractivity contribution is -0.123. The van der Waals surface area contributed by atoms with Crippen molar-refractivity contribution in [3.05, 3.63) is 0 Å². The maximum atomic E-state index is 11.9. The monoisotopic (exact) mass is 285 g/mol. The molecule has 5 heteroatoms. The van der Waals surface area contributed by atoms with Crippen LogP contribution in [-0.4, -0.2) is 55.7 Å². The van der Waals surface area contributed by atoms with Gasteiger partial charge in [-0.05, 0) is 45.6 Å². The highest BCUT2D eigenvalue weighted by Crippen LogP contribution is 2.21. The summed E-state index contributed by atoms with van der Waals surface area (Å²) in [5, 5.41) is 2.96. The summed E-state index contributed by atoms with van der Waals surface area (Å²) in [6.07, 6.45) is 3.38. The molecule has 3 N–H and O–H groups in total. The molecule has 5 nitrogen and oxygen atoms in total. The van der Waals surface area contributed by atoms with Crippen LogP contribution in [0.3, 0.4) is 0 Å². The number of amides is 1. The third-order valence-corrected chi connectivity index (χ3v) is 3.81. The van der Waals surface area contributed by atoms with Gasteiger partial charge in [0.05, 0.1) is 12.6 Å². The first-order valence-electron chi connectivity index (χ1n) is 7.85. The number of ether oxygens (including phenoxy) is 1. The van der Waals surface area contributed by atoms with E-state index in [9.17, 15) is 4.79 Å².